The van der Waals surface area contributed by atoms with Crippen molar-refractivity contribution in [2.24, 2.45) is 0 Å². The molecule has 1 unspecified atom stereocenters. The lowest BCUT2D eigenvalue weighted by molar-refractivity contribution is -0.0112. The fourth-order valence-corrected chi connectivity index (χ4v) is 2.23. The van der Waals surface area contributed by atoms with E-state index in [4.69, 9.17) is 14.6 Å². The van der Waals surface area contributed by atoms with Gasteiger partial charge in [-0.05, 0) is 53.4 Å². The van der Waals surface area contributed by atoms with E-state index in [1.165, 1.54) is 12.1 Å². The van der Waals surface area contributed by atoms with Crippen LogP contribution in [0.25, 0.3) is 0 Å². The van der Waals surface area contributed by atoms with Crippen molar-refractivity contribution in [1.29, 1.82) is 0 Å². The van der Waals surface area contributed by atoms with Gasteiger partial charge >= 0.3 is 5.97 Å². The van der Waals surface area contributed by atoms with E-state index in [0.29, 0.717) is 12.4 Å². The standard InChI is InChI=1S/C13H15BrO4/c14-11-5-4-9(13(15)16)7-12(11)18-8-10-3-1-2-6-17-10/h4-5,7,10H,1-3,6,8H2,(H,15,16). The van der Waals surface area contributed by atoms with Gasteiger partial charge in [-0.1, -0.05) is 0 Å². The number of ether oxygens (including phenoxy) is 2. The highest BCUT2D eigenvalue weighted by atomic mass is 79.9. The molecule has 5 heteroatoms. The van der Waals surface area contributed by atoms with E-state index in [2.05, 4.69) is 15.9 Å². The maximum absolute atomic E-state index is 10.9. The Morgan fingerprint density at radius 2 is 2.33 bits per heavy atom. The summed E-state index contributed by atoms with van der Waals surface area (Å²) in [4.78, 5) is 10.9. The fourth-order valence-electron chi connectivity index (χ4n) is 1.87. The van der Waals surface area contributed by atoms with Crippen LogP contribution in [0.1, 0.15) is 29.6 Å². The van der Waals surface area contributed by atoms with E-state index in [9.17, 15) is 4.79 Å². The van der Waals surface area contributed by atoms with Gasteiger partial charge in [0.15, 0.2) is 0 Å². The number of carboxylic acids is 1. The molecule has 1 aliphatic heterocycles. The molecule has 0 aliphatic carbocycles. The first-order valence-electron chi connectivity index (χ1n) is 5.94. The summed E-state index contributed by atoms with van der Waals surface area (Å²) in [5.74, 6) is -0.412. The molecule has 1 aromatic carbocycles. The second-order valence-corrected chi connectivity index (χ2v) is 5.10. The summed E-state index contributed by atoms with van der Waals surface area (Å²) in [7, 11) is 0. The first-order valence-corrected chi connectivity index (χ1v) is 6.73. The van der Waals surface area contributed by atoms with Gasteiger partial charge in [0, 0.05) is 6.61 Å². The third-order valence-electron chi connectivity index (χ3n) is 2.88. The normalized spacial score (nSPS) is 19.5. The van der Waals surface area contributed by atoms with Crippen LogP contribution in [0.15, 0.2) is 22.7 Å². The van der Waals surface area contributed by atoms with Gasteiger partial charge in [0.05, 0.1) is 16.1 Å². The van der Waals surface area contributed by atoms with Gasteiger partial charge in [0.25, 0.3) is 0 Å². The van der Waals surface area contributed by atoms with Crippen molar-refractivity contribution in [3.63, 3.8) is 0 Å². The molecule has 1 N–H and O–H groups in total. The molecule has 0 spiro atoms. The van der Waals surface area contributed by atoms with E-state index in [1.54, 1.807) is 6.07 Å². The van der Waals surface area contributed by atoms with Crippen molar-refractivity contribution in [3.05, 3.63) is 28.2 Å². The lowest BCUT2D eigenvalue weighted by atomic mass is 10.1. The highest BCUT2D eigenvalue weighted by Crippen LogP contribution is 2.27. The Bertz CT molecular complexity index is 427. The molecule has 1 atom stereocenters. The van der Waals surface area contributed by atoms with Crippen LogP contribution in [0.4, 0.5) is 0 Å². The van der Waals surface area contributed by atoms with Crippen LogP contribution in [0.5, 0.6) is 5.75 Å². The molecule has 98 valence electrons. The van der Waals surface area contributed by atoms with Gasteiger partial charge in [-0.15, -0.1) is 0 Å². The molecule has 1 saturated heterocycles. The van der Waals surface area contributed by atoms with E-state index in [0.717, 1.165) is 30.3 Å². The number of rotatable bonds is 4. The largest absolute Gasteiger partial charge is 0.490 e. The summed E-state index contributed by atoms with van der Waals surface area (Å²) in [6.07, 6.45) is 3.37. The van der Waals surface area contributed by atoms with Crippen molar-refractivity contribution in [2.45, 2.75) is 25.4 Å². The summed E-state index contributed by atoms with van der Waals surface area (Å²) >= 11 is 3.35. The Morgan fingerprint density at radius 3 is 3.00 bits per heavy atom. The minimum atomic E-state index is -0.957. The van der Waals surface area contributed by atoms with Crippen LogP contribution in [0.2, 0.25) is 0 Å². The molecule has 0 aromatic heterocycles. The van der Waals surface area contributed by atoms with E-state index in [1.807, 2.05) is 0 Å². The van der Waals surface area contributed by atoms with Crippen molar-refractivity contribution >= 4 is 21.9 Å². The number of carboxylic acid groups (broad SMARTS) is 1. The maximum Gasteiger partial charge on any atom is 0.335 e. The van der Waals surface area contributed by atoms with E-state index >= 15 is 0 Å². The predicted molar refractivity (Wildman–Crippen MR) is 70.2 cm³/mol. The van der Waals surface area contributed by atoms with Gasteiger partial charge in [-0.3, -0.25) is 0 Å². The van der Waals surface area contributed by atoms with Gasteiger partial charge in [-0.25, -0.2) is 4.79 Å². The quantitative estimate of drug-likeness (QED) is 0.927. The monoisotopic (exact) mass is 314 g/mol. The average Bonchev–Trinajstić information content (AvgIpc) is 2.38. The number of hydrogen-bond donors (Lipinski definition) is 1. The van der Waals surface area contributed by atoms with Gasteiger partial charge < -0.3 is 14.6 Å². The molecule has 2 rings (SSSR count). The molecule has 0 bridgehead atoms. The van der Waals surface area contributed by atoms with E-state index in [-0.39, 0.29) is 11.7 Å². The van der Waals surface area contributed by atoms with Crippen molar-refractivity contribution < 1.29 is 19.4 Å². The van der Waals surface area contributed by atoms with E-state index < -0.39 is 5.97 Å². The molecule has 1 fully saturated rings. The molecule has 1 aromatic rings. The molecule has 1 heterocycles. The highest BCUT2D eigenvalue weighted by Gasteiger charge is 2.15. The fraction of sp³-hybridized carbons (Fsp3) is 0.462. The van der Waals surface area contributed by atoms with Crippen LogP contribution in [-0.4, -0.2) is 30.4 Å². The third-order valence-corrected chi connectivity index (χ3v) is 3.53. The van der Waals surface area contributed by atoms with Crippen molar-refractivity contribution in [3.8, 4) is 5.75 Å². The minimum absolute atomic E-state index is 0.110. The summed E-state index contributed by atoms with van der Waals surface area (Å²) in [6.45, 7) is 1.24. The lowest BCUT2D eigenvalue weighted by Crippen LogP contribution is -2.25. The van der Waals surface area contributed by atoms with Crippen molar-refractivity contribution in [2.75, 3.05) is 13.2 Å². The van der Waals surface area contributed by atoms with Crippen LogP contribution >= 0.6 is 15.9 Å². The summed E-state index contributed by atoms with van der Waals surface area (Å²) < 4.78 is 11.9. The topological polar surface area (TPSA) is 55.8 Å². The Kier molecular flexibility index (Phi) is 4.60. The molecule has 0 amide bonds. The molecular formula is C13H15BrO4. The SMILES string of the molecule is O=C(O)c1ccc(Br)c(OCC2CCCCO2)c1. The minimum Gasteiger partial charge on any atom is -0.490 e. The average molecular weight is 315 g/mol. The lowest BCUT2D eigenvalue weighted by Gasteiger charge is -2.22. The molecule has 18 heavy (non-hydrogen) atoms. The number of halogens is 1. The van der Waals surface area contributed by atoms with Crippen LogP contribution in [0, 0.1) is 0 Å². The Hall–Kier alpha value is -1.07. The Labute approximate surface area is 114 Å². The van der Waals surface area contributed by atoms with Crippen LogP contribution < -0.4 is 4.74 Å². The number of hydrogen-bond acceptors (Lipinski definition) is 3. The first kappa shape index (κ1) is 13.4. The Morgan fingerprint density at radius 1 is 1.50 bits per heavy atom. The number of benzene rings is 1. The predicted octanol–water partition coefficient (Wildman–Crippen LogP) is 3.10. The summed E-state index contributed by atoms with van der Waals surface area (Å²) in [6, 6.07) is 4.74. The second kappa shape index (κ2) is 6.20. The summed E-state index contributed by atoms with van der Waals surface area (Å²) in [5.41, 5.74) is 0.220. The molecule has 0 saturated carbocycles. The van der Waals surface area contributed by atoms with Gasteiger partial charge in [-0.2, -0.15) is 0 Å². The number of carbonyl (C=O) groups is 1. The Balaban J connectivity index is 1.99. The second-order valence-electron chi connectivity index (χ2n) is 4.25. The smallest absolute Gasteiger partial charge is 0.335 e. The van der Waals surface area contributed by atoms with Crippen LogP contribution in [-0.2, 0) is 4.74 Å². The zero-order valence-electron chi connectivity index (χ0n) is 9.89. The first-order chi connectivity index (χ1) is 8.66. The zero-order chi connectivity index (χ0) is 13.0. The highest BCUT2D eigenvalue weighted by molar-refractivity contribution is 9.10. The molecule has 0 radical (unpaired) electrons. The molecule has 4 nitrogen and oxygen atoms in total. The van der Waals surface area contributed by atoms with Gasteiger partial charge in [0.2, 0.25) is 0 Å². The van der Waals surface area contributed by atoms with Crippen LogP contribution in [0.3, 0.4) is 0 Å². The van der Waals surface area contributed by atoms with Gasteiger partial charge in [0.1, 0.15) is 12.4 Å². The van der Waals surface area contributed by atoms with Crippen molar-refractivity contribution in [1.82, 2.24) is 0 Å². The molecular weight excluding hydrogens is 300 g/mol. The third kappa shape index (κ3) is 3.46. The zero-order valence-corrected chi connectivity index (χ0v) is 11.5. The molecule has 1 aliphatic rings. The number of aromatic carboxylic acids is 1. The summed E-state index contributed by atoms with van der Waals surface area (Å²) in [5, 5.41) is 8.92. The maximum atomic E-state index is 10.9.